The van der Waals surface area contributed by atoms with Crippen LogP contribution in [0, 0.1) is 0 Å². The highest BCUT2D eigenvalue weighted by atomic mass is 127. The lowest BCUT2D eigenvalue weighted by Crippen LogP contribution is -2.45. The van der Waals surface area contributed by atoms with Crippen LogP contribution in [0.2, 0.25) is 0 Å². The SMILES string of the molecule is C=CCNC(=O)CN=C(N)NC(C)(C)C.I. The van der Waals surface area contributed by atoms with Crippen molar-refractivity contribution in [2.75, 3.05) is 13.1 Å². The van der Waals surface area contributed by atoms with Crippen molar-refractivity contribution in [3.05, 3.63) is 12.7 Å². The highest BCUT2D eigenvalue weighted by Crippen LogP contribution is 1.96. The quantitative estimate of drug-likeness (QED) is 0.304. The first-order chi connectivity index (χ1) is 6.85. The molecule has 0 aliphatic carbocycles. The Morgan fingerprint density at radius 2 is 2.06 bits per heavy atom. The van der Waals surface area contributed by atoms with E-state index in [2.05, 4.69) is 22.2 Å². The highest BCUT2D eigenvalue weighted by Gasteiger charge is 2.09. The molecule has 0 aromatic rings. The number of guanidine groups is 1. The highest BCUT2D eigenvalue weighted by molar-refractivity contribution is 14.0. The molecule has 16 heavy (non-hydrogen) atoms. The van der Waals surface area contributed by atoms with Crippen LogP contribution >= 0.6 is 24.0 Å². The van der Waals surface area contributed by atoms with Crippen molar-refractivity contribution in [1.82, 2.24) is 10.6 Å². The molecule has 4 N–H and O–H groups in total. The predicted molar refractivity (Wildman–Crippen MR) is 78.0 cm³/mol. The molecular weight excluding hydrogens is 319 g/mol. The van der Waals surface area contributed by atoms with E-state index >= 15 is 0 Å². The number of hydrogen-bond donors (Lipinski definition) is 3. The number of nitrogens with two attached hydrogens (primary N) is 1. The fourth-order valence-electron chi connectivity index (χ4n) is 0.823. The van der Waals surface area contributed by atoms with Crippen molar-refractivity contribution in [1.29, 1.82) is 0 Å². The third kappa shape index (κ3) is 11.3. The van der Waals surface area contributed by atoms with Crippen LogP contribution in [0.4, 0.5) is 0 Å². The second-order valence-corrected chi connectivity index (χ2v) is 4.17. The third-order valence-corrected chi connectivity index (χ3v) is 1.34. The van der Waals surface area contributed by atoms with Crippen molar-refractivity contribution < 1.29 is 4.79 Å². The lowest BCUT2D eigenvalue weighted by Gasteiger charge is -2.20. The lowest BCUT2D eigenvalue weighted by molar-refractivity contribution is -0.119. The van der Waals surface area contributed by atoms with Gasteiger partial charge in [0, 0.05) is 12.1 Å². The van der Waals surface area contributed by atoms with Gasteiger partial charge in [0.2, 0.25) is 5.91 Å². The van der Waals surface area contributed by atoms with Gasteiger partial charge >= 0.3 is 0 Å². The minimum atomic E-state index is -0.173. The Morgan fingerprint density at radius 1 is 1.50 bits per heavy atom. The molecule has 0 radical (unpaired) electrons. The van der Waals surface area contributed by atoms with E-state index in [0.29, 0.717) is 6.54 Å². The number of nitrogens with zero attached hydrogens (tertiary/aromatic N) is 1. The summed E-state index contributed by atoms with van der Waals surface area (Å²) in [5.41, 5.74) is 5.43. The van der Waals surface area contributed by atoms with Crippen LogP contribution in [0.5, 0.6) is 0 Å². The summed E-state index contributed by atoms with van der Waals surface area (Å²) in [6.45, 7) is 9.86. The zero-order valence-electron chi connectivity index (χ0n) is 10.0. The van der Waals surface area contributed by atoms with E-state index in [1.54, 1.807) is 6.08 Å². The molecule has 0 fully saturated rings. The number of aliphatic imine (C=N–C) groups is 1. The van der Waals surface area contributed by atoms with Crippen LogP contribution in [0.1, 0.15) is 20.8 Å². The molecule has 0 aromatic carbocycles. The summed E-state index contributed by atoms with van der Waals surface area (Å²) in [5.74, 6) is 0.102. The number of hydrogen-bond acceptors (Lipinski definition) is 2. The number of amides is 1. The molecule has 0 aromatic heterocycles. The van der Waals surface area contributed by atoms with Crippen LogP contribution in [0.3, 0.4) is 0 Å². The van der Waals surface area contributed by atoms with Crippen molar-refractivity contribution in [3.63, 3.8) is 0 Å². The first kappa shape index (κ1) is 17.6. The van der Waals surface area contributed by atoms with Crippen LogP contribution in [0.15, 0.2) is 17.6 Å². The monoisotopic (exact) mass is 340 g/mol. The topological polar surface area (TPSA) is 79.5 Å². The van der Waals surface area contributed by atoms with Crippen LogP contribution in [-0.2, 0) is 4.79 Å². The van der Waals surface area contributed by atoms with Gasteiger partial charge in [0.05, 0.1) is 0 Å². The Morgan fingerprint density at radius 3 is 2.50 bits per heavy atom. The fourth-order valence-corrected chi connectivity index (χ4v) is 0.823. The average molecular weight is 340 g/mol. The van der Waals surface area contributed by atoms with E-state index in [9.17, 15) is 4.79 Å². The van der Waals surface area contributed by atoms with Gasteiger partial charge in [0.25, 0.3) is 0 Å². The first-order valence-electron chi connectivity index (χ1n) is 4.81. The molecule has 0 saturated carbocycles. The summed E-state index contributed by atoms with van der Waals surface area (Å²) in [4.78, 5) is 15.0. The molecule has 5 nitrogen and oxygen atoms in total. The molecule has 0 aliphatic rings. The number of nitrogens with one attached hydrogen (secondary N) is 2. The summed E-state index contributed by atoms with van der Waals surface area (Å²) in [6.07, 6.45) is 1.61. The van der Waals surface area contributed by atoms with E-state index in [4.69, 9.17) is 5.73 Å². The number of carbonyl (C=O) groups is 1. The Kier molecular flexibility index (Phi) is 9.21. The van der Waals surface area contributed by atoms with Crippen molar-refractivity contribution in [2.24, 2.45) is 10.7 Å². The minimum absolute atomic E-state index is 0. The number of carbonyl (C=O) groups excluding carboxylic acids is 1. The van der Waals surface area contributed by atoms with Crippen LogP contribution < -0.4 is 16.4 Å². The van der Waals surface area contributed by atoms with Crippen molar-refractivity contribution in [2.45, 2.75) is 26.3 Å². The molecular formula is C10H21IN4O. The van der Waals surface area contributed by atoms with Gasteiger partial charge in [-0.15, -0.1) is 30.6 Å². The maximum absolute atomic E-state index is 11.1. The Hall–Kier alpha value is -0.790. The van der Waals surface area contributed by atoms with Gasteiger partial charge in [-0.05, 0) is 20.8 Å². The third-order valence-electron chi connectivity index (χ3n) is 1.34. The summed E-state index contributed by atoms with van der Waals surface area (Å²) >= 11 is 0. The van der Waals surface area contributed by atoms with E-state index in [-0.39, 0.29) is 47.9 Å². The standard InChI is InChI=1S/C10H20N4O.HI/c1-5-6-12-8(15)7-13-9(11)14-10(2,3)4;/h5H,1,6-7H2,2-4H3,(H,12,15)(H3,11,13,14);1H. The molecule has 6 heteroatoms. The fraction of sp³-hybridized carbons (Fsp3) is 0.600. The molecule has 0 aliphatic heterocycles. The zero-order valence-corrected chi connectivity index (χ0v) is 12.4. The largest absolute Gasteiger partial charge is 0.370 e. The minimum Gasteiger partial charge on any atom is -0.370 e. The van der Waals surface area contributed by atoms with E-state index in [0.717, 1.165) is 0 Å². The summed E-state index contributed by atoms with van der Waals surface area (Å²) in [5, 5.41) is 5.56. The number of rotatable bonds is 4. The molecule has 1 amide bonds. The molecule has 0 bridgehead atoms. The van der Waals surface area contributed by atoms with Gasteiger partial charge in [-0.25, -0.2) is 4.99 Å². The Bertz CT molecular complexity index is 258. The normalized spacial score (nSPS) is 11.3. The maximum atomic E-state index is 11.1. The molecule has 0 heterocycles. The molecule has 0 spiro atoms. The smallest absolute Gasteiger partial charge is 0.242 e. The second kappa shape index (κ2) is 8.37. The molecule has 0 rings (SSSR count). The van der Waals surface area contributed by atoms with Gasteiger partial charge < -0.3 is 16.4 Å². The summed E-state index contributed by atoms with van der Waals surface area (Å²) in [6, 6.07) is 0. The van der Waals surface area contributed by atoms with E-state index in [1.807, 2.05) is 20.8 Å². The van der Waals surface area contributed by atoms with Crippen molar-refractivity contribution in [3.8, 4) is 0 Å². The summed E-state index contributed by atoms with van der Waals surface area (Å²) in [7, 11) is 0. The molecule has 0 unspecified atom stereocenters. The Balaban J connectivity index is 0. The second-order valence-electron chi connectivity index (χ2n) is 4.17. The van der Waals surface area contributed by atoms with Gasteiger partial charge in [0.1, 0.15) is 6.54 Å². The average Bonchev–Trinajstić information content (AvgIpc) is 2.08. The van der Waals surface area contributed by atoms with Gasteiger partial charge in [0.15, 0.2) is 5.96 Å². The first-order valence-corrected chi connectivity index (χ1v) is 4.81. The van der Waals surface area contributed by atoms with Crippen LogP contribution in [-0.4, -0.2) is 30.5 Å². The Labute approximate surface area is 114 Å². The molecule has 94 valence electrons. The van der Waals surface area contributed by atoms with Gasteiger partial charge in [-0.3, -0.25) is 4.79 Å². The van der Waals surface area contributed by atoms with Crippen molar-refractivity contribution >= 4 is 35.8 Å². The zero-order chi connectivity index (χ0) is 11.9. The summed E-state index contributed by atoms with van der Waals surface area (Å²) < 4.78 is 0. The van der Waals surface area contributed by atoms with Gasteiger partial charge in [-0.1, -0.05) is 6.08 Å². The van der Waals surface area contributed by atoms with Crippen LogP contribution in [0.25, 0.3) is 0 Å². The lowest BCUT2D eigenvalue weighted by atomic mass is 10.1. The molecule has 0 atom stereocenters. The number of halogens is 1. The molecule has 0 saturated heterocycles. The predicted octanol–water partition coefficient (Wildman–Crippen LogP) is 0.609. The van der Waals surface area contributed by atoms with Gasteiger partial charge in [-0.2, -0.15) is 0 Å². The van der Waals surface area contributed by atoms with E-state index in [1.165, 1.54) is 0 Å². The van der Waals surface area contributed by atoms with E-state index < -0.39 is 0 Å². The maximum Gasteiger partial charge on any atom is 0.242 e.